The first-order chi connectivity index (χ1) is 14.9. The molecule has 160 valence electrons. The van der Waals surface area contributed by atoms with Gasteiger partial charge in [-0.2, -0.15) is 0 Å². The number of hydrogen-bond donors (Lipinski definition) is 1. The van der Waals surface area contributed by atoms with E-state index in [1.54, 1.807) is 6.07 Å². The van der Waals surface area contributed by atoms with Crippen LogP contribution in [0.25, 0.3) is 0 Å². The van der Waals surface area contributed by atoms with Crippen LogP contribution in [0.15, 0.2) is 47.7 Å². The zero-order valence-corrected chi connectivity index (χ0v) is 18.2. The highest BCUT2D eigenvalue weighted by Gasteiger charge is 2.63. The lowest BCUT2D eigenvalue weighted by Crippen LogP contribution is -2.56. The highest BCUT2D eigenvalue weighted by Crippen LogP contribution is 2.55. The summed E-state index contributed by atoms with van der Waals surface area (Å²) in [4.78, 5) is 27.8. The Labute approximate surface area is 185 Å². The topological polar surface area (TPSA) is 73.9 Å². The van der Waals surface area contributed by atoms with Crippen LogP contribution in [0.4, 0.5) is 0 Å². The molecule has 0 saturated heterocycles. The smallest absolute Gasteiger partial charge is 0.236 e. The predicted octanol–water partition coefficient (Wildman–Crippen LogP) is 3.92. The van der Waals surface area contributed by atoms with Crippen molar-refractivity contribution in [2.24, 2.45) is 5.92 Å². The van der Waals surface area contributed by atoms with Gasteiger partial charge in [0.15, 0.2) is 5.75 Å². The Morgan fingerprint density at radius 1 is 1.10 bits per heavy atom. The highest BCUT2D eigenvalue weighted by molar-refractivity contribution is 6.36. The predicted molar refractivity (Wildman–Crippen MR) is 115 cm³/mol. The van der Waals surface area contributed by atoms with Gasteiger partial charge in [-0.3, -0.25) is 9.59 Å². The number of benzene rings is 2. The maximum atomic E-state index is 14.0. The van der Waals surface area contributed by atoms with E-state index < -0.39 is 11.4 Å². The molecule has 1 N–H and O–H groups in total. The summed E-state index contributed by atoms with van der Waals surface area (Å²) in [6.07, 6.45) is 0.529. The number of ether oxygens (including phenoxy) is 3. The van der Waals surface area contributed by atoms with Gasteiger partial charge in [0, 0.05) is 35.7 Å². The minimum atomic E-state index is -1.66. The van der Waals surface area contributed by atoms with Crippen LogP contribution < -0.4 is 19.5 Å². The van der Waals surface area contributed by atoms with Gasteiger partial charge in [-0.05, 0) is 12.0 Å². The number of carbonyl (C=O) groups is 2. The average Bonchev–Trinajstić information content (AvgIpc) is 3.34. The molecule has 0 radical (unpaired) electrons. The molecule has 0 amide bonds. The van der Waals surface area contributed by atoms with Crippen molar-refractivity contribution >= 4 is 23.2 Å². The van der Waals surface area contributed by atoms with E-state index in [9.17, 15) is 9.59 Å². The summed E-state index contributed by atoms with van der Waals surface area (Å²) >= 11 is 6.49. The van der Waals surface area contributed by atoms with Gasteiger partial charge < -0.3 is 19.5 Å². The quantitative estimate of drug-likeness (QED) is 0.731. The number of fused-ring (bicyclic) bond motifs is 1. The Hall–Kier alpha value is -2.99. The molecule has 0 bridgehead atoms. The maximum absolute atomic E-state index is 14.0. The van der Waals surface area contributed by atoms with Crippen LogP contribution >= 0.6 is 11.6 Å². The highest BCUT2D eigenvalue weighted by atomic mass is 35.5. The van der Waals surface area contributed by atoms with Crippen LogP contribution in [0.5, 0.6) is 17.2 Å². The Bertz CT molecular complexity index is 1140. The van der Waals surface area contributed by atoms with E-state index in [1.165, 1.54) is 14.2 Å². The van der Waals surface area contributed by atoms with Gasteiger partial charge in [0.25, 0.3) is 0 Å². The van der Waals surface area contributed by atoms with Crippen molar-refractivity contribution in [1.82, 2.24) is 5.32 Å². The minimum Gasteiger partial charge on any atom is -0.496 e. The maximum Gasteiger partial charge on any atom is 0.236 e. The van der Waals surface area contributed by atoms with Gasteiger partial charge in [-0.15, -0.1) is 0 Å². The SMILES string of the molecule is COc1cc(OC)c2c(c1Cl)O[C@@]1(C(=O)C3=C(C[C@H]1C)NCC3c1ccccc1)C2=O. The number of methoxy groups -OCH3 is 2. The first-order valence-electron chi connectivity index (χ1n) is 10.2. The summed E-state index contributed by atoms with van der Waals surface area (Å²) in [6, 6.07) is 11.4. The zero-order valence-electron chi connectivity index (χ0n) is 17.5. The lowest BCUT2D eigenvalue weighted by Gasteiger charge is -2.37. The summed E-state index contributed by atoms with van der Waals surface area (Å²) < 4.78 is 17.0. The molecule has 1 spiro atoms. The van der Waals surface area contributed by atoms with Crippen LogP contribution in [-0.4, -0.2) is 37.9 Å². The van der Waals surface area contributed by atoms with Crippen LogP contribution in [0, 0.1) is 5.92 Å². The Morgan fingerprint density at radius 3 is 2.48 bits per heavy atom. The monoisotopic (exact) mass is 439 g/mol. The number of carbonyl (C=O) groups excluding carboxylic acids is 2. The minimum absolute atomic E-state index is 0.139. The molecular formula is C24H22ClNO5. The van der Waals surface area contributed by atoms with Gasteiger partial charge in [0.1, 0.15) is 22.1 Å². The van der Waals surface area contributed by atoms with Gasteiger partial charge >= 0.3 is 0 Å². The number of Topliss-reactive ketones (excluding diaryl/α,β-unsaturated/α-hetero) is 2. The number of rotatable bonds is 3. The molecule has 3 atom stereocenters. The standard InChI is InChI=1S/C24H22ClNO5/c1-12-9-15-18(14(11-26-15)13-7-5-4-6-8-13)22(27)24(12)23(28)19-16(29-2)10-17(30-3)20(25)21(19)31-24/h4-8,10,12,14,26H,9,11H2,1-3H3/t12-,14?,24+/m1/s1. The van der Waals surface area contributed by atoms with Crippen molar-refractivity contribution < 1.29 is 23.8 Å². The zero-order chi connectivity index (χ0) is 21.9. The number of allylic oxidation sites excluding steroid dienone is 1. The second kappa shape index (κ2) is 7.02. The van der Waals surface area contributed by atoms with Crippen LogP contribution in [0.3, 0.4) is 0 Å². The number of halogens is 1. The van der Waals surface area contributed by atoms with E-state index in [1.807, 2.05) is 37.3 Å². The first-order valence-corrected chi connectivity index (χ1v) is 10.6. The molecule has 2 aromatic carbocycles. The van der Waals surface area contributed by atoms with Crippen LogP contribution in [0.1, 0.15) is 35.2 Å². The second-order valence-electron chi connectivity index (χ2n) is 8.14. The third-order valence-corrected chi connectivity index (χ3v) is 6.96. The number of ketones is 2. The third-order valence-electron chi connectivity index (χ3n) is 6.60. The van der Waals surface area contributed by atoms with E-state index in [0.717, 1.165) is 11.3 Å². The van der Waals surface area contributed by atoms with Crippen molar-refractivity contribution in [2.75, 3.05) is 20.8 Å². The molecule has 0 aromatic heterocycles. The summed E-state index contributed by atoms with van der Waals surface area (Å²) in [7, 11) is 2.93. The fourth-order valence-corrected chi connectivity index (χ4v) is 5.29. The Morgan fingerprint density at radius 2 is 1.81 bits per heavy atom. The summed E-state index contributed by atoms with van der Waals surface area (Å²) in [5.74, 6) is -0.489. The third kappa shape index (κ3) is 2.57. The van der Waals surface area contributed by atoms with E-state index in [2.05, 4.69) is 5.32 Å². The summed E-state index contributed by atoms with van der Waals surface area (Å²) in [5, 5.41) is 3.54. The van der Waals surface area contributed by atoms with Crippen molar-refractivity contribution in [2.45, 2.75) is 24.9 Å². The average molecular weight is 440 g/mol. The van der Waals surface area contributed by atoms with Crippen molar-refractivity contribution in [3.8, 4) is 17.2 Å². The fraction of sp³-hybridized carbons (Fsp3) is 0.333. The van der Waals surface area contributed by atoms with Crippen molar-refractivity contribution in [3.05, 3.63) is 63.8 Å². The molecule has 2 aliphatic heterocycles. The molecule has 1 aliphatic carbocycles. The number of hydrogen-bond acceptors (Lipinski definition) is 6. The molecule has 5 rings (SSSR count). The molecule has 2 aromatic rings. The van der Waals surface area contributed by atoms with Gasteiger partial charge in [-0.25, -0.2) is 0 Å². The molecule has 6 nitrogen and oxygen atoms in total. The fourth-order valence-electron chi connectivity index (χ4n) is 5.03. The molecule has 2 heterocycles. The summed E-state index contributed by atoms with van der Waals surface area (Å²) in [5.41, 5.74) is 1.06. The molecule has 7 heteroatoms. The normalized spacial score (nSPS) is 26.5. The van der Waals surface area contributed by atoms with Gasteiger partial charge in [0.05, 0.1) is 14.2 Å². The Kier molecular flexibility index (Phi) is 4.52. The first kappa shape index (κ1) is 19.9. The Balaban J connectivity index is 1.64. The molecule has 0 saturated carbocycles. The lowest BCUT2D eigenvalue weighted by molar-refractivity contribution is -0.130. The van der Waals surface area contributed by atoms with Gasteiger partial charge in [0.2, 0.25) is 17.2 Å². The molecule has 31 heavy (non-hydrogen) atoms. The van der Waals surface area contributed by atoms with Crippen LogP contribution in [-0.2, 0) is 4.79 Å². The lowest BCUT2D eigenvalue weighted by atomic mass is 9.69. The van der Waals surface area contributed by atoms with Gasteiger partial charge in [-0.1, -0.05) is 48.9 Å². The van der Waals surface area contributed by atoms with E-state index in [4.69, 9.17) is 25.8 Å². The van der Waals surface area contributed by atoms with E-state index in [0.29, 0.717) is 24.3 Å². The van der Waals surface area contributed by atoms with Crippen LogP contribution in [0.2, 0.25) is 5.02 Å². The molecule has 3 aliphatic rings. The van der Waals surface area contributed by atoms with Crippen molar-refractivity contribution in [3.63, 3.8) is 0 Å². The molecular weight excluding hydrogens is 418 g/mol. The largest absolute Gasteiger partial charge is 0.496 e. The van der Waals surface area contributed by atoms with E-state index in [-0.39, 0.29) is 39.7 Å². The molecule has 0 fully saturated rings. The summed E-state index contributed by atoms with van der Waals surface area (Å²) in [6.45, 7) is 2.48. The molecule has 1 unspecified atom stereocenters. The van der Waals surface area contributed by atoms with E-state index >= 15 is 0 Å². The number of nitrogens with one attached hydrogen (secondary N) is 1. The second-order valence-corrected chi connectivity index (χ2v) is 8.51. The van der Waals surface area contributed by atoms with Crippen molar-refractivity contribution in [1.29, 1.82) is 0 Å².